The summed E-state index contributed by atoms with van der Waals surface area (Å²) in [7, 11) is 1.64. The third-order valence-corrected chi connectivity index (χ3v) is 3.77. The number of phenols is 1. The Balaban J connectivity index is 1.83. The molecule has 0 saturated carbocycles. The number of para-hydroxylation sites is 2. The second kappa shape index (κ2) is 5.85. The molecule has 4 nitrogen and oxygen atoms in total. The summed E-state index contributed by atoms with van der Waals surface area (Å²) in [6, 6.07) is 14.7. The van der Waals surface area contributed by atoms with Crippen molar-refractivity contribution in [3.8, 4) is 22.8 Å². The van der Waals surface area contributed by atoms with Gasteiger partial charge in [-0.25, -0.2) is 4.98 Å². The third-order valence-electron chi connectivity index (χ3n) is 3.02. The van der Waals surface area contributed by atoms with Gasteiger partial charge in [-0.2, -0.15) is 0 Å². The van der Waals surface area contributed by atoms with Gasteiger partial charge in [-0.05, 0) is 36.4 Å². The van der Waals surface area contributed by atoms with Crippen LogP contribution >= 0.6 is 11.3 Å². The summed E-state index contributed by atoms with van der Waals surface area (Å²) in [5.41, 5.74) is 2.72. The highest BCUT2D eigenvalue weighted by Crippen LogP contribution is 2.31. The van der Waals surface area contributed by atoms with Crippen LogP contribution < -0.4 is 10.1 Å². The summed E-state index contributed by atoms with van der Waals surface area (Å²) in [6.07, 6.45) is 0. The molecule has 5 heteroatoms. The lowest BCUT2D eigenvalue weighted by Crippen LogP contribution is -1.93. The van der Waals surface area contributed by atoms with Crippen LogP contribution in [0, 0.1) is 0 Å². The van der Waals surface area contributed by atoms with Crippen molar-refractivity contribution < 1.29 is 9.84 Å². The molecule has 2 aromatic carbocycles. The zero-order valence-corrected chi connectivity index (χ0v) is 12.2. The second-order valence-electron chi connectivity index (χ2n) is 4.41. The van der Waals surface area contributed by atoms with Crippen molar-refractivity contribution in [2.75, 3.05) is 12.4 Å². The van der Waals surface area contributed by atoms with Crippen LogP contribution in [-0.4, -0.2) is 17.2 Å². The first-order valence-electron chi connectivity index (χ1n) is 6.41. The van der Waals surface area contributed by atoms with E-state index in [4.69, 9.17) is 4.74 Å². The number of aromatic hydroxyl groups is 1. The number of ether oxygens (including phenoxy) is 1. The fraction of sp³-hybridized carbons (Fsp3) is 0.0625. The highest BCUT2D eigenvalue weighted by atomic mass is 32.1. The molecule has 0 fully saturated rings. The number of hydrogen-bond donors (Lipinski definition) is 2. The number of aromatic nitrogens is 1. The fourth-order valence-corrected chi connectivity index (χ4v) is 2.69. The average molecular weight is 298 g/mol. The number of nitrogens with one attached hydrogen (secondary N) is 1. The molecule has 21 heavy (non-hydrogen) atoms. The SMILES string of the molecule is COc1ccccc1Nc1nc(-c2ccc(O)cc2)cs1. The zero-order valence-electron chi connectivity index (χ0n) is 11.4. The van der Waals surface area contributed by atoms with E-state index < -0.39 is 0 Å². The Morgan fingerprint density at radius 3 is 2.62 bits per heavy atom. The normalized spacial score (nSPS) is 10.3. The van der Waals surface area contributed by atoms with Gasteiger partial charge in [-0.1, -0.05) is 12.1 Å². The molecule has 0 aliphatic carbocycles. The van der Waals surface area contributed by atoms with Crippen molar-refractivity contribution in [3.05, 3.63) is 53.9 Å². The molecule has 0 unspecified atom stereocenters. The van der Waals surface area contributed by atoms with E-state index >= 15 is 0 Å². The van der Waals surface area contributed by atoms with Gasteiger partial charge in [0.1, 0.15) is 11.5 Å². The number of hydrogen-bond acceptors (Lipinski definition) is 5. The molecule has 0 spiro atoms. The topological polar surface area (TPSA) is 54.4 Å². The molecule has 3 aromatic rings. The first kappa shape index (κ1) is 13.5. The molecule has 1 aromatic heterocycles. The van der Waals surface area contributed by atoms with Gasteiger partial charge < -0.3 is 15.2 Å². The molecule has 0 atom stereocenters. The number of thiazole rings is 1. The minimum atomic E-state index is 0.251. The molecule has 3 rings (SSSR count). The van der Waals surface area contributed by atoms with Crippen LogP contribution in [0.1, 0.15) is 0 Å². The van der Waals surface area contributed by atoms with Crippen molar-refractivity contribution in [1.82, 2.24) is 4.98 Å². The van der Waals surface area contributed by atoms with E-state index in [1.807, 2.05) is 41.8 Å². The lowest BCUT2D eigenvalue weighted by atomic mass is 10.2. The summed E-state index contributed by atoms with van der Waals surface area (Å²) in [6.45, 7) is 0. The Labute approximate surface area is 126 Å². The van der Waals surface area contributed by atoms with Crippen LogP contribution in [0.2, 0.25) is 0 Å². The van der Waals surface area contributed by atoms with E-state index in [1.165, 1.54) is 11.3 Å². The predicted molar refractivity (Wildman–Crippen MR) is 85.5 cm³/mol. The summed E-state index contributed by atoms with van der Waals surface area (Å²) >= 11 is 1.52. The lowest BCUT2D eigenvalue weighted by Gasteiger charge is -2.08. The van der Waals surface area contributed by atoms with Crippen LogP contribution in [0.4, 0.5) is 10.8 Å². The van der Waals surface area contributed by atoms with Gasteiger partial charge in [0.2, 0.25) is 0 Å². The first-order valence-corrected chi connectivity index (χ1v) is 7.29. The lowest BCUT2D eigenvalue weighted by molar-refractivity contribution is 0.417. The summed E-state index contributed by atoms with van der Waals surface area (Å²) in [5.74, 6) is 1.03. The van der Waals surface area contributed by atoms with Crippen LogP contribution in [0.3, 0.4) is 0 Å². The van der Waals surface area contributed by atoms with Gasteiger partial charge in [0.15, 0.2) is 5.13 Å². The number of benzene rings is 2. The first-order chi connectivity index (χ1) is 10.3. The average Bonchev–Trinajstić information content (AvgIpc) is 2.97. The van der Waals surface area contributed by atoms with Crippen molar-refractivity contribution in [1.29, 1.82) is 0 Å². The Morgan fingerprint density at radius 1 is 1.10 bits per heavy atom. The maximum atomic E-state index is 9.32. The number of anilines is 2. The van der Waals surface area contributed by atoms with Crippen LogP contribution in [-0.2, 0) is 0 Å². The van der Waals surface area contributed by atoms with Gasteiger partial charge in [-0.3, -0.25) is 0 Å². The Hall–Kier alpha value is -2.53. The highest BCUT2D eigenvalue weighted by molar-refractivity contribution is 7.14. The smallest absolute Gasteiger partial charge is 0.187 e. The van der Waals surface area contributed by atoms with Crippen molar-refractivity contribution in [2.45, 2.75) is 0 Å². The van der Waals surface area contributed by atoms with Crippen LogP contribution in [0.25, 0.3) is 11.3 Å². The molecule has 0 amide bonds. The van der Waals surface area contributed by atoms with E-state index in [2.05, 4.69) is 10.3 Å². The Morgan fingerprint density at radius 2 is 1.86 bits per heavy atom. The molecule has 0 saturated heterocycles. The minimum Gasteiger partial charge on any atom is -0.508 e. The van der Waals surface area contributed by atoms with Crippen molar-refractivity contribution in [2.24, 2.45) is 0 Å². The van der Waals surface area contributed by atoms with Crippen LogP contribution in [0.15, 0.2) is 53.9 Å². The molecule has 0 aliphatic rings. The zero-order chi connectivity index (χ0) is 14.7. The molecule has 0 radical (unpaired) electrons. The van der Waals surface area contributed by atoms with Gasteiger partial charge in [-0.15, -0.1) is 11.3 Å². The van der Waals surface area contributed by atoms with Crippen LogP contribution in [0.5, 0.6) is 11.5 Å². The Kier molecular flexibility index (Phi) is 3.75. The number of phenolic OH excluding ortho intramolecular Hbond substituents is 1. The summed E-state index contributed by atoms with van der Waals surface area (Å²) < 4.78 is 5.31. The largest absolute Gasteiger partial charge is 0.508 e. The van der Waals surface area contributed by atoms with E-state index in [0.717, 1.165) is 27.8 Å². The third kappa shape index (κ3) is 2.98. The quantitative estimate of drug-likeness (QED) is 0.755. The van der Waals surface area contributed by atoms with E-state index in [0.29, 0.717) is 0 Å². The number of rotatable bonds is 4. The fourth-order valence-electron chi connectivity index (χ4n) is 1.96. The second-order valence-corrected chi connectivity index (χ2v) is 5.27. The summed E-state index contributed by atoms with van der Waals surface area (Å²) in [4.78, 5) is 4.55. The maximum absolute atomic E-state index is 9.32. The highest BCUT2D eigenvalue weighted by Gasteiger charge is 2.07. The predicted octanol–water partition coefficient (Wildman–Crippen LogP) is 4.27. The van der Waals surface area contributed by atoms with Gasteiger partial charge in [0.05, 0.1) is 18.5 Å². The molecular weight excluding hydrogens is 284 g/mol. The van der Waals surface area contributed by atoms with Crippen molar-refractivity contribution >= 4 is 22.2 Å². The molecule has 2 N–H and O–H groups in total. The van der Waals surface area contributed by atoms with E-state index in [-0.39, 0.29) is 5.75 Å². The minimum absolute atomic E-state index is 0.251. The van der Waals surface area contributed by atoms with E-state index in [1.54, 1.807) is 19.2 Å². The maximum Gasteiger partial charge on any atom is 0.187 e. The van der Waals surface area contributed by atoms with Gasteiger partial charge in [0.25, 0.3) is 0 Å². The summed E-state index contributed by atoms with van der Waals surface area (Å²) in [5, 5.41) is 15.3. The number of methoxy groups -OCH3 is 1. The molecule has 1 heterocycles. The monoisotopic (exact) mass is 298 g/mol. The number of nitrogens with zero attached hydrogens (tertiary/aromatic N) is 1. The van der Waals surface area contributed by atoms with Crippen molar-refractivity contribution in [3.63, 3.8) is 0 Å². The Bertz CT molecular complexity index is 738. The van der Waals surface area contributed by atoms with Gasteiger partial charge >= 0.3 is 0 Å². The molecule has 0 bridgehead atoms. The molecular formula is C16H14N2O2S. The van der Waals surface area contributed by atoms with Gasteiger partial charge in [0, 0.05) is 10.9 Å². The standard InChI is InChI=1S/C16H14N2O2S/c1-20-15-5-3-2-4-13(15)17-16-18-14(10-21-16)11-6-8-12(19)9-7-11/h2-10,19H,1H3,(H,17,18). The molecule has 0 aliphatic heterocycles. The molecule has 106 valence electrons. The van der Waals surface area contributed by atoms with E-state index in [9.17, 15) is 5.11 Å².